The second-order valence-corrected chi connectivity index (χ2v) is 6.48. The summed E-state index contributed by atoms with van der Waals surface area (Å²) in [4.78, 5) is 26.3. The van der Waals surface area contributed by atoms with Crippen molar-refractivity contribution in [3.05, 3.63) is 0 Å². The molecule has 120 valence electrons. The minimum Gasteiger partial charge on any atom is -0.346 e. The summed E-state index contributed by atoms with van der Waals surface area (Å²) < 4.78 is 0. The maximum Gasteiger partial charge on any atom is 0.309 e. The Balaban J connectivity index is 1.73. The van der Waals surface area contributed by atoms with Crippen molar-refractivity contribution in [3.8, 4) is 0 Å². The Morgan fingerprint density at radius 2 is 1.86 bits per heavy atom. The lowest BCUT2D eigenvalue weighted by atomic mass is 9.86. The Bertz CT molecular complexity index is 373. The first-order chi connectivity index (χ1) is 10.1. The van der Waals surface area contributed by atoms with E-state index in [4.69, 9.17) is 0 Å². The Kier molecular flexibility index (Phi) is 6.03. The number of nitrogens with one attached hydrogen (secondary N) is 2. The number of carbonyl (C=O) groups is 2. The van der Waals surface area contributed by atoms with Crippen LogP contribution in [0.25, 0.3) is 0 Å². The highest BCUT2D eigenvalue weighted by atomic mass is 16.2. The predicted molar refractivity (Wildman–Crippen MR) is 82.8 cm³/mol. The normalized spacial score (nSPS) is 30.1. The SMILES string of the molecule is CCN1CCC[C@@H]1CNC(=O)C(=O)N[C@H]1CCCC[C@H]1C. The van der Waals surface area contributed by atoms with Crippen LogP contribution >= 0.6 is 0 Å². The van der Waals surface area contributed by atoms with Gasteiger partial charge in [0, 0.05) is 18.6 Å². The summed E-state index contributed by atoms with van der Waals surface area (Å²) in [5.74, 6) is -0.466. The fourth-order valence-corrected chi connectivity index (χ4v) is 3.60. The van der Waals surface area contributed by atoms with E-state index in [0.29, 0.717) is 18.5 Å². The molecule has 0 aromatic heterocycles. The predicted octanol–water partition coefficient (Wildman–Crippen LogP) is 1.28. The fourth-order valence-electron chi connectivity index (χ4n) is 3.60. The molecule has 5 heteroatoms. The maximum atomic E-state index is 12.0. The van der Waals surface area contributed by atoms with Crippen LogP contribution in [0.2, 0.25) is 0 Å². The third-order valence-corrected chi connectivity index (χ3v) is 5.04. The molecule has 3 atom stereocenters. The minimum absolute atomic E-state index is 0.163. The third kappa shape index (κ3) is 4.43. The molecule has 1 saturated heterocycles. The molecule has 1 aliphatic heterocycles. The van der Waals surface area contributed by atoms with Crippen molar-refractivity contribution >= 4 is 11.8 Å². The number of nitrogens with zero attached hydrogens (tertiary/aromatic N) is 1. The summed E-state index contributed by atoms with van der Waals surface area (Å²) >= 11 is 0. The van der Waals surface area contributed by atoms with Gasteiger partial charge in [-0.25, -0.2) is 0 Å². The largest absolute Gasteiger partial charge is 0.346 e. The van der Waals surface area contributed by atoms with Crippen molar-refractivity contribution in [1.82, 2.24) is 15.5 Å². The Morgan fingerprint density at radius 3 is 2.57 bits per heavy atom. The Morgan fingerprint density at radius 1 is 1.10 bits per heavy atom. The molecule has 1 aliphatic carbocycles. The standard InChI is InChI=1S/C16H29N3O2/c1-3-19-10-6-8-13(19)11-17-15(20)16(21)18-14-9-5-4-7-12(14)2/h12-14H,3-11H2,1-2H3,(H,17,20)(H,18,21)/t12-,13-,14+/m1/s1. The van der Waals surface area contributed by atoms with Crippen molar-refractivity contribution in [2.45, 2.75) is 64.5 Å². The second-order valence-electron chi connectivity index (χ2n) is 6.48. The zero-order valence-electron chi connectivity index (χ0n) is 13.4. The average molecular weight is 295 g/mol. The van der Waals surface area contributed by atoms with Crippen LogP contribution in [-0.4, -0.2) is 48.4 Å². The number of amides is 2. The Labute approximate surface area is 127 Å². The van der Waals surface area contributed by atoms with Crippen LogP contribution < -0.4 is 10.6 Å². The lowest BCUT2D eigenvalue weighted by molar-refractivity contribution is -0.140. The van der Waals surface area contributed by atoms with Gasteiger partial charge in [0.05, 0.1) is 0 Å². The van der Waals surface area contributed by atoms with Crippen LogP contribution in [0.4, 0.5) is 0 Å². The van der Waals surface area contributed by atoms with Gasteiger partial charge in [0.2, 0.25) is 0 Å². The first-order valence-electron chi connectivity index (χ1n) is 8.44. The van der Waals surface area contributed by atoms with Crippen molar-refractivity contribution < 1.29 is 9.59 Å². The van der Waals surface area contributed by atoms with Gasteiger partial charge in [0.25, 0.3) is 0 Å². The molecule has 0 aromatic carbocycles. The molecule has 0 unspecified atom stereocenters. The topological polar surface area (TPSA) is 61.4 Å². The van der Waals surface area contributed by atoms with Crippen molar-refractivity contribution in [3.63, 3.8) is 0 Å². The van der Waals surface area contributed by atoms with Crippen LogP contribution in [0.15, 0.2) is 0 Å². The van der Waals surface area contributed by atoms with Crippen LogP contribution in [0.1, 0.15) is 52.4 Å². The molecule has 0 radical (unpaired) electrons. The zero-order chi connectivity index (χ0) is 15.2. The van der Waals surface area contributed by atoms with Gasteiger partial charge in [-0.3, -0.25) is 14.5 Å². The van der Waals surface area contributed by atoms with Crippen LogP contribution in [-0.2, 0) is 9.59 Å². The van der Waals surface area contributed by atoms with E-state index in [-0.39, 0.29) is 6.04 Å². The highest BCUT2D eigenvalue weighted by Crippen LogP contribution is 2.23. The molecule has 21 heavy (non-hydrogen) atoms. The highest BCUT2D eigenvalue weighted by molar-refractivity contribution is 6.35. The van der Waals surface area contributed by atoms with E-state index in [9.17, 15) is 9.59 Å². The van der Waals surface area contributed by atoms with Crippen LogP contribution in [0, 0.1) is 5.92 Å². The smallest absolute Gasteiger partial charge is 0.309 e. The summed E-state index contributed by atoms with van der Waals surface area (Å²) in [6.45, 7) is 6.98. The first kappa shape index (κ1) is 16.3. The van der Waals surface area contributed by atoms with Gasteiger partial charge in [0.1, 0.15) is 0 Å². The first-order valence-corrected chi connectivity index (χ1v) is 8.44. The summed E-state index contributed by atoms with van der Waals surface area (Å²) in [7, 11) is 0. The van der Waals surface area contributed by atoms with Gasteiger partial charge < -0.3 is 10.6 Å². The molecule has 2 aliphatic rings. The third-order valence-electron chi connectivity index (χ3n) is 5.04. The quantitative estimate of drug-likeness (QED) is 0.768. The average Bonchev–Trinajstić information content (AvgIpc) is 2.94. The fraction of sp³-hybridized carbons (Fsp3) is 0.875. The summed E-state index contributed by atoms with van der Waals surface area (Å²) in [6, 6.07) is 0.552. The zero-order valence-corrected chi connectivity index (χ0v) is 13.4. The van der Waals surface area contributed by atoms with Crippen LogP contribution in [0.3, 0.4) is 0 Å². The van der Waals surface area contributed by atoms with Gasteiger partial charge in [0.15, 0.2) is 0 Å². The highest BCUT2D eigenvalue weighted by Gasteiger charge is 2.27. The number of carbonyl (C=O) groups excluding carboxylic acids is 2. The molecule has 2 rings (SSSR count). The lowest BCUT2D eigenvalue weighted by Gasteiger charge is -2.29. The second kappa shape index (κ2) is 7.78. The van der Waals surface area contributed by atoms with E-state index in [1.807, 2.05) is 0 Å². The van der Waals surface area contributed by atoms with E-state index in [2.05, 4.69) is 29.4 Å². The molecule has 1 heterocycles. The number of likely N-dealkylation sites (N-methyl/N-ethyl adjacent to an activating group) is 1. The molecule has 0 spiro atoms. The van der Waals surface area contributed by atoms with E-state index in [1.165, 1.54) is 12.8 Å². The van der Waals surface area contributed by atoms with E-state index in [1.54, 1.807) is 0 Å². The molecule has 0 aromatic rings. The summed E-state index contributed by atoms with van der Waals surface area (Å²) in [5.41, 5.74) is 0. The van der Waals surface area contributed by atoms with E-state index >= 15 is 0 Å². The molecule has 5 nitrogen and oxygen atoms in total. The van der Waals surface area contributed by atoms with Crippen LogP contribution in [0.5, 0.6) is 0 Å². The Hall–Kier alpha value is -1.10. The number of hydrogen-bond acceptors (Lipinski definition) is 3. The molecule has 2 fully saturated rings. The summed E-state index contributed by atoms with van der Waals surface area (Å²) in [6.07, 6.45) is 6.79. The molecular weight excluding hydrogens is 266 g/mol. The maximum absolute atomic E-state index is 12.0. The van der Waals surface area contributed by atoms with E-state index < -0.39 is 11.8 Å². The van der Waals surface area contributed by atoms with Gasteiger partial charge in [-0.15, -0.1) is 0 Å². The molecule has 2 amide bonds. The minimum atomic E-state index is -0.476. The van der Waals surface area contributed by atoms with Gasteiger partial charge in [-0.1, -0.05) is 26.7 Å². The number of hydrogen-bond donors (Lipinski definition) is 2. The molecule has 0 bridgehead atoms. The monoisotopic (exact) mass is 295 g/mol. The van der Waals surface area contributed by atoms with Crippen molar-refractivity contribution in [2.75, 3.05) is 19.6 Å². The number of rotatable bonds is 4. The van der Waals surface area contributed by atoms with Crippen molar-refractivity contribution in [2.24, 2.45) is 5.92 Å². The van der Waals surface area contributed by atoms with Gasteiger partial charge >= 0.3 is 11.8 Å². The molecular formula is C16H29N3O2. The number of likely N-dealkylation sites (tertiary alicyclic amines) is 1. The molecule has 1 saturated carbocycles. The lowest BCUT2D eigenvalue weighted by Crippen LogP contribution is -2.49. The summed E-state index contributed by atoms with van der Waals surface area (Å²) in [5, 5.41) is 5.70. The van der Waals surface area contributed by atoms with Gasteiger partial charge in [-0.05, 0) is 44.7 Å². The van der Waals surface area contributed by atoms with Gasteiger partial charge in [-0.2, -0.15) is 0 Å². The van der Waals surface area contributed by atoms with Crippen molar-refractivity contribution in [1.29, 1.82) is 0 Å². The van der Waals surface area contributed by atoms with E-state index in [0.717, 1.165) is 38.8 Å². The molecule has 2 N–H and O–H groups in total.